The van der Waals surface area contributed by atoms with Gasteiger partial charge in [-0.25, -0.2) is 0 Å². The number of nitrogens with zero attached hydrogens (tertiary/aromatic N) is 1. The largest absolute Gasteiger partial charge is 0.496 e. The van der Waals surface area contributed by atoms with Crippen molar-refractivity contribution in [3.05, 3.63) is 42.0 Å². The van der Waals surface area contributed by atoms with Crippen LogP contribution in [0.5, 0.6) is 11.5 Å². The Morgan fingerprint density at radius 3 is 2.35 bits per heavy atom. The van der Waals surface area contributed by atoms with E-state index >= 15 is 0 Å². The molecule has 0 atom stereocenters. The van der Waals surface area contributed by atoms with Gasteiger partial charge in [-0.05, 0) is 24.3 Å². The van der Waals surface area contributed by atoms with E-state index in [-0.39, 0.29) is 17.5 Å². The molecule has 2 N–H and O–H groups in total. The molecule has 3 rings (SSSR count). The minimum absolute atomic E-state index is 0.0259. The van der Waals surface area contributed by atoms with Crippen molar-refractivity contribution in [2.24, 2.45) is 0 Å². The highest BCUT2D eigenvalue weighted by Gasteiger charge is 2.20. The molecule has 2 amide bonds. The lowest BCUT2D eigenvalue weighted by molar-refractivity contribution is -0.114. The molecule has 134 valence electrons. The second-order valence-corrected chi connectivity index (χ2v) is 5.37. The number of carbonyl (C=O) groups excluding carboxylic acids is 2. The Kier molecular flexibility index (Phi) is 4.74. The molecule has 0 fully saturated rings. The summed E-state index contributed by atoms with van der Waals surface area (Å²) in [5, 5.41) is 5.25. The Morgan fingerprint density at radius 1 is 1.04 bits per heavy atom. The van der Waals surface area contributed by atoms with Crippen LogP contribution in [0.2, 0.25) is 0 Å². The highest BCUT2D eigenvalue weighted by Crippen LogP contribution is 2.29. The van der Waals surface area contributed by atoms with Gasteiger partial charge in [0.15, 0.2) is 5.58 Å². The van der Waals surface area contributed by atoms with E-state index in [4.69, 9.17) is 13.9 Å². The number of benzene rings is 2. The van der Waals surface area contributed by atoms with Crippen LogP contribution in [0.4, 0.5) is 11.7 Å². The first-order valence-corrected chi connectivity index (χ1v) is 7.72. The van der Waals surface area contributed by atoms with Crippen molar-refractivity contribution in [1.82, 2.24) is 4.98 Å². The van der Waals surface area contributed by atoms with Crippen LogP contribution < -0.4 is 20.1 Å². The predicted octanol–water partition coefficient (Wildman–Crippen LogP) is 3.06. The van der Waals surface area contributed by atoms with Gasteiger partial charge in [-0.3, -0.25) is 14.9 Å². The number of amides is 2. The van der Waals surface area contributed by atoms with Gasteiger partial charge in [0, 0.05) is 18.7 Å². The number of carbonyl (C=O) groups is 2. The summed E-state index contributed by atoms with van der Waals surface area (Å²) in [6.07, 6.45) is 0. The minimum atomic E-state index is -0.479. The normalized spacial score (nSPS) is 10.4. The van der Waals surface area contributed by atoms with E-state index in [1.165, 1.54) is 21.1 Å². The topological polar surface area (TPSA) is 103 Å². The van der Waals surface area contributed by atoms with Crippen LogP contribution >= 0.6 is 0 Å². The van der Waals surface area contributed by atoms with Crippen molar-refractivity contribution >= 4 is 34.6 Å². The van der Waals surface area contributed by atoms with Crippen LogP contribution in [-0.4, -0.2) is 31.0 Å². The Balaban J connectivity index is 1.89. The summed E-state index contributed by atoms with van der Waals surface area (Å²) in [6.45, 7) is 1.41. The number of rotatable bonds is 5. The maximum atomic E-state index is 12.6. The standard InChI is InChI=1S/C18H17N3O5/c1-10(22)19-11-7-8-12-15(9-11)26-18(20-12)21-17(23)16-13(24-2)5-4-6-14(16)25-3/h4-9H,1-3H3,(H,19,22)(H,20,21,23). The van der Waals surface area contributed by atoms with E-state index in [9.17, 15) is 9.59 Å². The molecule has 0 aliphatic heterocycles. The van der Waals surface area contributed by atoms with Gasteiger partial charge >= 0.3 is 6.01 Å². The first kappa shape index (κ1) is 17.3. The van der Waals surface area contributed by atoms with Gasteiger partial charge in [0.2, 0.25) is 5.91 Å². The quantitative estimate of drug-likeness (QED) is 0.729. The number of hydrogen-bond acceptors (Lipinski definition) is 6. The van der Waals surface area contributed by atoms with Gasteiger partial charge in [0.25, 0.3) is 5.91 Å². The molecule has 0 bridgehead atoms. The molecule has 3 aromatic rings. The van der Waals surface area contributed by atoms with Crippen molar-refractivity contribution in [3.63, 3.8) is 0 Å². The van der Waals surface area contributed by atoms with Crippen molar-refractivity contribution in [1.29, 1.82) is 0 Å². The van der Waals surface area contributed by atoms with E-state index in [1.54, 1.807) is 36.4 Å². The lowest BCUT2D eigenvalue weighted by Crippen LogP contribution is -2.14. The summed E-state index contributed by atoms with van der Waals surface area (Å²) >= 11 is 0. The van der Waals surface area contributed by atoms with Crippen molar-refractivity contribution in [3.8, 4) is 11.5 Å². The number of oxazole rings is 1. The number of methoxy groups -OCH3 is 2. The van der Waals surface area contributed by atoms with Gasteiger partial charge in [0.1, 0.15) is 22.6 Å². The number of hydrogen-bond donors (Lipinski definition) is 2. The molecule has 2 aromatic carbocycles. The van der Waals surface area contributed by atoms with Crippen molar-refractivity contribution in [2.75, 3.05) is 24.9 Å². The molecular formula is C18H17N3O5. The molecular weight excluding hydrogens is 338 g/mol. The molecule has 1 heterocycles. The van der Waals surface area contributed by atoms with Crippen molar-refractivity contribution in [2.45, 2.75) is 6.92 Å². The summed E-state index contributed by atoms with van der Waals surface area (Å²) in [4.78, 5) is 28.0. The van der Waals surface area contributed by atoms with Gasteiger partial charge < -0.3 is 19.2 Å². The van der Waals surface area contributed by atoms with Crippen LogP contribution in [0.1, 0.15) is 17.3 Å². The third-order valence-electron chi connectivity index (χ3n) is 3.58. The second-order valence-electron chi connectivity index (χ2n) is 5.37. The summed E-state index contributed by atoms with van der Waals surface area (Å²) < 4.78 is 16.0. The molecule has 26 heavy (non-hydrogen) atoms. The molecule has 0 unspecified atom stereocenters. The number of aromatic nitrogens is 1. The summed E-state index contributed by atoms with van der Waals surface area (Å²) in [5.41, 5.74) is 1.78. The lowest BCUT2D eigenvalue weighted by atomic mass is 10.1. The Hall–Kier alpha value is -3.55. The molecule has 0 spiro atoms. The molecule has 0 saturated heterocycles. The van der Waals surface area contributed by atoms with Gasteiger partial charge in [-0.1, -0.05) is 6.07 Å². The third kappa shape index (κ3) is 3.44. The zero-order chi connectivity index (χ0) is 18.7. The van der Waals surface area contributed by atoms with Gasteiger partial charge in [-0.15, -0.1) is 0 Å². The van der Waals surface area contributed by atoms with Crippen LogP contribution in [0, 0.1) is 0 Å². The van der Waals surface area contributed by atoms with E-state index < -0.39 is 5.91 Å². The molecule has 0 aliphatic rings. The SMILES string of the molecule is COc1cccc(OC)c1C(=O)Nc1nc2ccc(NC(C)=O)cc2o1. The van der Waals surface area contributed by atoms with Crippen LogP contribution in [-0.2, 0) is 4.79 Å². The van der Waals surface area contributed by atoms with E-state index in [1.807, 2.05) is 0 Å². The maximum absolute atomic E-state index is 12.6. The zero-order valence-corrected chi connectivity index (χ0v) is 14.5. The minimum Gasteiger partial charge on any atom is -0.496 e. The maximum Gasteiger partial charge on any atom is 0.302 e. The van der Waals surface area contributed by atoms with E-state index in [0.717, 1.165) is 0 Å². The molecule has 0 radical (unpaired) electrons. The Labute approximate surface area is 149 Å². The number of anilines is 2. The average molecular weight is 355 g/mol. The molecule has 0 aliphatic carbocycles. The number of ether oxygens (including phenoxy) is 2. The molecule has 8 heteroatoms. The van der Waals surface area contributed by atoms with Gasteiger partial charge in [0.05, 0.1) is 14.2 Å². The van der Waals surface area contributed by atoms with E-state index in [0.29, 0.717) is 28.3 Å². The molecule has 1 aromatic heterocycles. The van der Waals surface area contributed by atoms with E-state index in [2.05, 4.69) is 15.6 Å². The van der Waals surface area contributed by atoms with Gasteiger partial charge in [-0.2, -0.15) is 4.98 Å². The molecule has 8 nitrogen and oxygen atoms in total. The molecule has 0 saturated carbocycles. The fourth-order valence-electron chi connectivity index (χ4n) is 2.49. The number of nitrogens with one attached hydrogen (secondary N) is 2. The lowest BCUT2D eigenvalue weighted by Gasteiger charge is -2.11. The summed E-state index contributed by atoms with van der Waals surface area (Å²) in [7, 11) is 2.93. The Bertz CT molecular complexity index is 958. The monoisotopic (exact) mass is 355 g/mol. The van der Waals surface area contributed by atoms with Crippen LogP contribution in [0.25, 0.3) is 11.1 Å². The second kappa shape index (κ2) is 7.14. The third-order valence-corrected chi connectivity index (χ3v) is 3.58. The van der Waals surface area contributed by atoms with Crippen LogP contribution in [0.15, 0.2) is 40.8 Å². The number of fused-ring (bicyclic) bond motifs is 1. The van der Waals surface area contributed by atoms with Crippen LogP contribution in [0.3, 0.4) is 0 Å². The zero-order valence-electron chi connectivity index (χ0n) is 14.5. The van der Waals surface area contributed by atoms with Crippen molar-refractivity contribution < 1.29 is 23.5 Å². The summed E-state index contributed by atoms with van der Waals surface area (Å²) in [6, 6.07) is 10.1. The summed E-state index contributed by atoms with van der Waals surface area (Å²) in [5.74, 6) is 0.0606. The fraction of sp³-hybridized carbons (Fsp3) is 0.167. The smallest absolute Gasteiger partial charge is 0.302 e. The average Bonchev–Trinajstić information content (AvgIpc) is 3.01. The highest BCUT2D eigenvalue weighted by atomic mass is 16.5. The fourth-order valence-corrected chi connectivity index (χ4v) is 2.49. The predicted molar refractivity (Wildman–Crippen MR) is 95.8 cm³/mol. The first-order valence-electron chi connectivity index (χ1n) is 7.72. The Morgan fingerprint density at radius 2 is 1.73 bits per heavy atom. The highest BCUT2D eigenvalue weighted by molar-refractivity contribution is 6.07. The first-order chi connectivity index (χ1) is 12.5.